The predicted octanol–water partition coefficient (Wildman–Crippen LogP) is 3.47. The third-order valence-corrected chi connectivity index (χ3v) is 6.24. The molecule has 2 saturated heterocycles. The van der Waals surface area contributed by atoms with Gasteiger partial charge in [0.25, 0.3) is 5.91 Å². The molecule has 0 radical (unpaired) electrons. The minimum absolute atomic E-state index is 0.0989. The summed E-state index contributed by atoms with van der Waals surface area (Å²) in [6.45, 7) is 4.77. The molecule has 2 aromatic heterocycles. The molecule has 0 aliphatic carbocycles. The predicted molar refractivity (Wildman–Crippen MR) is 123 cm³/mol. The van der Waals surface area contributed by atoms with E-state index < -0.39 is 0 Å². The number of hydrogen-bond acceptors (Lipinski definition) is 7. The molecule has 3 aromatic rings. The van der Waals surface area contributed by atoms with Gasteiger partial charge >= 0.3 is 0 Å². The zero-order valence-electron chi connectivity index (χ0n) is 18.2. The number of benzene rings is 1. The Labute approximate surface area is 187 Å². The van der Waals surface area contributed by atoms with E-state index in [9.17, 15) is 4.79 Å². The smallest absolute Gasteiger partial charge is 0.276 e. The highest BCUT2D eigenvalue weighted by Gasteiger charge is 2.25. The van der Waals surface area contributed by atoms with Crippen LogP contribution in [0.2, 0.25) is 0 Å². The van der Waals surface area contributed by atoms with Crippen molar-refractivity contribution in [2.24, 2.45) is 0 Å². The second kappa shape index (κ2) is 9.38. The van der Waals surface area contributed by atoms with E-state index in [1.54, 1.807) is 6.07 Å². The van der Waals surface area contributed by atoms with Gasteiger partial charge in [-0.15, -0.1) is 10.2 Å². The molecule has 0 saturated carbocycles. The number of anilines is 2. The summed E-state index contributed by atoms with van der Waals surface area (Å²) < 4.78 is 5.39. The van der Waals surface area contributed by atoms with E-state index in [4.69, 9.17) is 4.52 Å². The van der Waals surface area contributed by atoms with Crippen LogP contribution in [-0.2, 0) is 0 Å². The van der Waals surface area contributed by atoms with Crippen LogP contribution in [0.1, 0.15) is 36.2 Å². The number of piperazine rings is 1. The van der Waals surface area contributed by atoms with E-state index >= 15 is 0 Å². The summed E-state index contributed by atoms with van der Waals surface area (Å²) >= 11 is 0. The lowest BCUT2D eigenvalue weighted by molar-refractivity contribution is 0.0736. The average Bonchev–Trinajstić information content (AvgIpc) is 3.20. The molecule has 2 aliphatic heterocycles. The zero-order chi connectivity index (χ0) is 21.8. The highest BCUT2D eigenvalue weighted by Crippen LogP contribution is 2.22. The fraction of sp³-hybridized carbons (Fsp3) is 0.417. The van der Waals surface area contributed by atoms with Gasteiger partial charge in [-0.1, -0.05) is 48.3 Å². The molecule has 1 amide bonds. The van der Waals surface area contributed by atoms with Gasteiger partial charge in [-0.25, -0.2) is 0 Å². The van der Waals surface area contributed by atoms with Gasteiger partial charge in [0.15, 0.2) is 23.1 Å². The van der Waals surface area contributed by atoms with Crippen molar-refractivity contribution < 1.29 is 9.32 Å². The molecule has 0 unspecified atom stereocenters. The second-order valence-corrected chi connectivity index (χ2v) is 8.37. The van der Waals surface area contributed by atoms with Crippen LogP contribution < -0.4 is 9.80 Å². The zero-order valence-corrected chi connectivity index (χ0v) is 18.2. The van der Waals surface area contributed by atoms with Crippen LogP contribution in [0.4, 0.5) is 11.6 Å². The monoisotopic (exact) mass is 432 g/mol. The first-order valence-electron chi connectivity index (χ1n) is 11.4. The Morgan fingerprint density at radius 2 is 1.38 bits per heavy atom. The van der Waals surface area contributed by atoms with E-state index in [0.717, 1.165) is 30.3 Å². The first kappa shape index (κ1) is 20.5. The third kappa shape index (κ3) is 4.44. The van der Waals surface area contributed by atoms with Crippen molar-refractivity contribution in [1.82, 2.24) is 20.3 Å². The number of amides is 1. The van der Waals surface area contributed by atoms with Gasteiger partial charge in [-0.05, 0) is 25.0 Å². The van der Waals surface area contributed by atoms with Crippen LogP contribution in [-0.4, -0.2) is 65.4 Å². The summed E-state index contributed by atoms with van der Waals surface area (Å²) in [5.74, 6) is 2.33. The third-order valence-electron chi connectivity index (χ3n) is 6.24. The van der Waals surface area contributed by atoms with Crippen molar-refractivity contribution in [2.75, 3.05) is 49.1 Å². The highest BCUT2D eigenvalue weighted by atomic mass is 16.5. The van der Waals surface area contributed by atoms with Crippen LogP contribution in [0.25, 0.3) is 11.3 Å². The lowest BCUT2D eigenvalue weighted by Gasteiger charge is -2.34. The molecule has 32 heavy (non-hydrogen) atoms. The molecule has 2 fully saturated rings. The Kier molecular flexibility index (Phi) is 6.00. The average molecular weight is 433 g/mol. The highest BCUT2D eigenvalue weighted by molar-refractivity contribution is 5.93. The summed E-state index contributed by atoms with van der Waals surface area (Å²) in [4.78, 5) is 19.2. The van der Waals surface area contributed by atoms with Crippen molar-refractivity contribution in [3.8, 4) is 11.3 Å². The Hall–Kier alpha value is -3.42. The van der Waals surface area contributed by atoms with Gasteiger partial charge in [0.2, 0.25) is 0 Å². The van der Waals surface area contributed by atoms with Gasteiger partial charge in [0, 0.05) is 50.9 Å². The Bertz CT molecular complexity index is 1020. The summed E-state index contributed by atoms with van der Waals surface area (Å²) in [7, 11) is 0. The number of hydrogen-bond donors (Lipinski definition) is 0. The maximum absolute atomic E-state index is 12.9. The molecular formula is C24H28N6O2. The van der Waals surface area contributed by atoms with Crippen molar-refractivity contribution in [3.63, 3.8) is 0 Å². The molecule has 0 spiro atoms. The van der Waals surface area contributed by atoms with Gasteiger partial charge in [0.1, 0.15) is 0 Å². The molecule has 8 nitrogen and oxygen atoms in total. The van der Waals surface area contributed by atoms with Crippen LogP contribution in [0.3, 0.4) is 0 Å². The molecule has 166 valence electrons. The molecule has 0 atom stereocenters. The van der Waals surface area contributed by atoms with E-state index in [1.165, 1.54) is 25.7 Å². The molecule has 2 aliphatic rings. The number of carbonyl (C=O) groups excluding carboxylic acids is 1. The quantitative estimate of drug-likeness (QED) is 0.625. The Morgan fingerprint density at radius 3 is 2.00 bits per heavy atom. The maximum Gasteiger partial charge on any atom is 0.276 e. The molecule has 4 heterocycles. The normalized spacial score (nSPS) is 17.3. The van der Waals surface area contributed by atoms with Crippen molar-refractivity contribution in [1.29, 1.82) is 0 Å². The van der Waals surface area contributed by atoms with Crippen LogP contribution >= 0.6 is 0 Å². The molecule has 1 aromatic carbocycles. The van der Waals surface area contributed by atoms with E-state index in [0.29, 0.717) is 37.6 Å². The number of rotatable bonds is 4. The summed E-state index contributed by atoms with van der Waals surface area (Å²) in [6.07, 6.45) is 5.04. The fourth-order valence-corrected chi connectivity index (χ4v) is 4.37. The van der Waals surface area contributed by atoms with Gasteiger partial charge in [-0.3, -0.25) is 4.79 Å². The first-order chi connectivity index (χ1) is 15.8. The van der Waals surface area contributed by atoms with Gasteiger partial charge < -0.3 is 19.2 Å². The number of aromatic nitrogens is 3. The number of carbonyl (C=O) groups is 1. The van der Waals surface area contributed by atoms with Crippen molar-refractivity contribution >= 4 is 17.5 Å². The Balaban J connectivity index is 1.18. The molecule has 0 bridgehead atoms. The SMILES string of the molecule is O=C(c1cc(-c2ccccc2)on1)N1CCN(c2ccc(N3CCCCCC3)nn2)CC1. The summed E-state index contributed by atoms with van der Waals surface area (Å²) in [5, 5.41) is 13.0. The molecular weight excluding hydrogens is 404 g/mol. The van der Waals surface area contributed by atoms with E-state index in [2.05, 4.69) is 37.3 Å². The minimum atomic E-state index is -0.0989. The topological polar surface area (TPSA) is 78.6 Å². The molecule has 8 heteroatoms. The second-order valence-electron chi connectivity index (χ2n) is 8.37. The van der Waals surface area contributed by atoms with Crippen molar-refractivity contribution in [2.45, 2.75) is 25.7 Å². The van der Waals surface area contributed by atoms with E-state index in [-0.39, 0.29) is 5.91 Å². The van der Waals surface area contributed by atoms with Gasteiger partial charge in [-0.2, -0.15) is 0 Å². The van der Waals surface area contributed by atoms with Gasteiger partial charge in [0.05, 0.1) is 0 Å². The minimum Gasteiger partial charge on any atom is -0.355 e. The number of nitrogens with zero attached hydrogens (tertiary/aromatic N) is 6. The van der Waals surface area contributed by atoms with Crippen LogP contribution in [0, 0.1) is 0 Å². The van der Waals surface area contributed by atoms with Crippen LogP contribution in [0.5, 0.6) is 0 Å². The lowest BCUT2D eigenvalue weighted by atomic mass is 10.1. The first-order valence-corrected chi connectivity index (χ1v) is 11.4. The standard InChI is InChI=1S/C24H28N6O2/c31-24(20-18-21(32-27-20)19-8-4-3-5-9-19)30-16-14-29(15-17-30)23-11-10-22(25-26-23)28-12-6-1-2-7-13-28/h3-5,8-11,18H,1-2,6-7,12-17H2. The van der Waals surface area contributed by atoms with Crippen LogP contribution in [0.15, 0.2) is 53.1 Å². The van der Waals surface area contributed by atoms with E-state index in [1.807, 2.05) is 35.2 Å². The summed E-state index contributed by atoms with van der Waals surface area (Å²) in [5.41, 5.74) is 1.25. The lowest BCUT2D eigenvalue weighted by Crippen LogP contribution is -2.49. The Morgan fingerprint density at radius 1 is 0.750 bits per heavy atom. The van der Waals surface area contributed by atoms with Crippen molar-refractivity contribution in [3.05, 3.63) is 54.2 Å². The maximum atomic E-state index is 12.9. The summed E-state index contributed by atoms with van der Waals surface area (Å²) in [6, 6.07) is 15.5. The fourth-order valence-electron chi connectivity index (χ4n) is 4.37. The molecule has 0 N–H and O–H groups in total. The molecule has 5 rings (SSSR count). The largest absolute Gasteiger partial charge is 0.355 e.